The third-order valence-corrected chi connectivity index (χ3v) is 6.80. The van der Waals surface area contributed by atoms with E-state index < -0.39 is 0 Å². The Balaban J connectivity index is 1.41. The normalized spacial score (nSPS) is 14.4. The molecule has 2 heterocycles. The Labute approximate surface area is 192 Å². The summed E-state index contributed by atoms with van der Waals surface area (Å²) in [7, 11) is 4.30. The largest absolute Gasteiger partial charge is 0.382 e. The first kappa shape index (κ1) is 21.8. The highest BCUT2D eigenvalue weighted by atomic mass is 32.1. The molecule has 7 nitrogen and oxygen atoms in total. The molecule has 0 atom stereocenters. The van der Waals surface area contributed by atoms with Crippen LogP contribution in [0, 0.1) is 11.3 Å². The number of ketones is 1. The van der Waals surface area contributed by atoms with E-state index in [1.807, 2.05) is 18.2 Å². The van der Waals surface area contributed by atoms with Crippen LogP contribution in [-0.4, -0.2) is 48.9 Å². The monoisotopic (exact) mass is 446 g/mol. The molecule has 3 aromatic rings. The highest BCUT2D eigenvalue weighted by Crippen LogP contribution is 2.31. The van der Waals surface area contributed by atoms with Crippen molar-refractivity contribution >= 4 is 39.4 Å². The molecular weight excluding hydrogens is 420 g/mol. The van der Waals surface area contributed by atoms with Gasteiger partial charge in [-0.2, -0.15) is 5.26 Å². The van der Waals surface area contributed by atoms with Gasteiger partial charge in [0.15, 0.2) is 5.13 Å². The zero-order valence-electron chi connectivity index (χ0n) is 18.2. The number of thiazole rings is 1. The van der Waals surface area contributed by atoms with Crippen LogP contribution in [0.15, 0.2) is 48.5 Å². The molecule has 0 saturated carbocycles. The van der Waals surface area contributed by atoms with Crippen LogP contribution < -0.4 is 16.0 Å². The lowest BCUT2D eigenvalue weighted by molar-refractivity contribution is 0.104. The van der Waals surface area contributed by atoms with Crippen molar-refractivity contribution in [3.8, 4) is 6.07 Å². The van der Waals surface area contributed by atoms with E-state index in [9.17, 15) is 4.79 Å². The van der Waals surface area contributed by atoms with Gasteiger partial charge in [0.25, 0.3) is 0 Å². The van der Waals surface area contributed by atoms with Crippen LogP contribution in [0.5, 0.6) is 0 Å². The first-order chi connectivity index (χ1) is 15.4. The van der Waals surface area contributed by atoms with Crippen LogP contribution >= 0.6 is 11.3 Å². The number of anilines is 4. The summed E-state index contributed by atoms with van der Waals surface area (Å²) in [5.41, 5.74) is 9.11. The lowest BCUT2D eigenvalue weighted by Crippen LogP contribution is -2.41. The molecule has 164 valence electrons. The van der Waals surface area contributed by atoms with E-state index in [-0.39, 0.29) is 11.6 Å². The van der Waals surface area contributed by atoms with E-state index in [0.717, 1.165) is 18.8 Å². The van der Waals surface area contributed by atoms with E-state index in [0.29, 0.717) is 27.2 Å². The summed E-state index contributed by atoms with van der Waals surface area (Å²) in [4.78, 5) is 22.2. The molecule has 3 N–H and O–H groups in total. The van der Waals surface area contributed by atoms with Crippen molar-refractivity contribution in [2.24, 2.45) is 0 Å². The zero-order valence-corrected chi connectivity index (χ0v) is 19.0. The number of hydrogen-bond donors (Lipinski definition) is 2. The molecule has 0 radical (unpaired) electrons. The number of aromatic nitrogens is 1. The number of nitrogen functional groups attached to an aromatic ring is 1. The second-order valence-electron chi connectivity index (χ2n) is 8.11. The van der Waals surface area contributed by atoms with E-state index in [1.165, 1.54) is 29.9 Å². The molecule has 0 aliphatic carbocycles. The molecule has 2 aromatic carbocycles. The van der Waals surface area contributed by atoms with Crippen molar-refractivity contribution in [3.63, 3.8) is 0 Å². The number of carbonyl (C=O) groups is 1. The molecule has 0 unspecified atom stereocenters. The van der Waals surface area contributed by atoms with Crippen molar-refractivity contribution in [2.45, 2.75) is 18.9 Å². The lowest BCUT2D eigenvalue weighted by atomic mass is 10.0. The van der Waals surface area contributed by atoms with E-state index in [2.05, 4.69) is 46.3 Å². The Bertz CT molecular complexity index is 1120. The van der Waals surface area contributed by atoms with Crippen molar-refractivity contribution in [1.82, 2.24) is 9.88 Å². The Morgan fingerprint density at radius 2 is 1.81 bits per heavy atom. The number of rotatable bonds is 6. The fourth-order valence-electron chi connectivity index (χ4n) is 3.89. The summed E-state index contributed by atoms with van der Waals surface area (Å²) in [6.45, 7) is 2.11. The SMILES string of the molecule is CN(C)C1CCN(c2ccc(Nc3nc(N)c(C(=O)c4ccc(C#N)cc4)s3)cc2)CC1. The molecule has 4 rings (SSSR count). The van der Waals surface area contributed by atoms with Crippen LogP contribution in [-0.2, 0) is 0 Å². The first-order valence-electron chi connectivity index (χ1n) is 10.5. The first-order valence-corrected chi connectivity index (χ1v) is 11.4. The molecule has 1 saturated heterocycles. The highest BCUT2D eigenvalue weighted by molar-refractivity contribution is 7.18. The van der Waals surface area contributed by atoms with Gasteiger partial charge in [0.1, 0.15) is 10.7 Å². The Hall–Kier alpha value is -3.41. The summed E-state index contributed by atoms with van der Waals surface area (Å²) in [6, 6.07) is 17.5. The minimum Gasteiger partial charge on any atom is -0.382 e. The van der Waals surface area contributed by atoms with Gasteiger partial charge in [0.05, 0.1) is 11.6 Å². The number of nitrogens with zero attached hydrogens (tertiary/aromatic N) is 4. The number of nitrogens with one attached hydrogen (secondary N) is 1. The van der Waals surface area contributed by atoms with Gasteiger partial charge in [-0.15, -0.1) is 0 Å². The molecule has 1 aliphatic heterocycles. The average Bonchev–Trinajstić information content (AvgIpc) is 3.19. The smallest absolute Gasteiger partial charge is 0.206 e. The van der Waals surface area contributed by atoms with Crippen LogP contribution in [0.1, 0.15) is 33.6 Å². The molecule has 8 heteroatoms. The third kappa shape index (κ3) is 4.74. The number of nitriles is 1. The summed E-state index contributed by atoms with van der Waals surface area (Å²) < 4.78 is 0. The van der Waals surface area contributed by atoms with Crippen molar-refractivity contribution < 1.29 is 4.79 Å². The number of piperidine rings is 1. The van der Waals surface area contributed by atoms with E-state index in [1.54, 1.807) is 24.3 Å². The van der Waals surface area contributed by atoms with Gasteiger partial charge in [-0.25, -0.2) is 4.98 Å². The number of benzene rings is 2. The minimum absolute atomic E-state index is 0.200. The number of hydrogen-bond acceptors (Lipinski definition) is 8. The quantitative estimate of drug-likeness (QED) is 0.550. The second-order valence-corrected chi connectivity index (χ2v) is 9.10. The fraction of sp³-hybridized carbons (Fsp3) is 0.292. The maximum Gasteiger partial charge on any atom is 0.206 e. The highest BCUT2D eigenvalue weighted by Gasteiger charge is 2.21. The Kier molecular flexibility index (Phi) is 6.40. The predicted octanol–water partition coefficient (Wildman–Crippen LogP) is 4.10. The maximum atomic E-state index is 12.8. The third-order valence-electron chi connectivity index (χ3n) is 5.81. The van der Waals surface area contributed by atoms with Gasteiger partial charge in [-0.3, -0.25) is 4.79 Å². The molecule has 0 amide bonds. The predicted molar refractivity (Wildman–Crippen MR) is 130 cm³/mol. The second kappa shape index (κ2) is 9.39. The van der Waals surface area contributed by atoms with Crippen LogP contribution in [0.2, 0.25) is 0 Å². The molecule has 0 bridgehead atoms. The molecular formula is C24H26N6OS. The maximum absolute atomic E-state index is 12.8. The standard InChI is InChI=1S/C24H26N6OS/c1-29(2)19-11-13-30(14-12-19)20-9-7-18(8-10-20)27-24-28-23(26)22(32-24)21(31)17-5-3-16(15-25)4-6-17/h3-10,19H,11-14,26H2,1-2H3,(H,27,28). The van der Waals surface area contributed by atoms with Crippen molar-refractivity contribution in [3.05, 3.63) is 64.5 Å². The molecule has 0 spiro atoms. The van der Waals surface area contributed by atoms with Crippen LogP contribution in [0.4, 0.5) is 22.3 Å². The van der Waals surface area contributed by atoms with Gasteiger partial charge < -0.3 is 20.9 Å². The molecule has 1 aliphatic rings. The molecule has 32 heavy (non-hydrogen) atoms. The topological polar surface area (TPSA) is 98.3 Å². The van der Waals surface area contributed by atoms with Gasteiger partial charge in [0.2, 0.25) is 5.78 Å². The fourth-order valence-corrected chi connectivity index (χ4v) is 4.76. The van der Waals surface area contributed by atoms with Crippen molar-refractivity contribution in [2.75, 3.05) is 43.1 Å². The number of carbonyl (C=O) groups excluding carboxylic acids is 1. The van der Waals surface area contributed by atoms with E-state index >= 15 is 0 Å². The summed E-state index contributed by atoms with van der Waals surface area (Å²) in [6.07, 6.45) is 2.34. The van der Waals surface area contributed by atoms with Crippen LogP contribution in [0.3, 0.4) is 0 Å². The zero-order chi connectivity index (χ0) is 22.7. The molecule has 1 fully saturated rings. The number of nitrogens with two attached hydrogens (primary N) is 1. The van der Waals surface area contributed by atoms with Crippen molar-refractivity contribution in [1.29, 1.82) is 5.26 Å². The Morgan fingerprint density at radius 3 is 2.41 bits per heavy atom. The molecule has 1 aromatic heterocycles. The summed E-state index contributed by atoms with van der Waals surface area (Å²) >= 11 is 1.23. The minimum atomic E-state index is -0.200. The lowest BCUT2D eigenvalue weighted by Gasteiger charge is -2.36. The summed E-state index contributed by atoms with van der Waals surface area (Å²) in [5, 5.41) is 12.7. The Morgan fingerprint density at radius 1 is 1.16 bits per heavy atom. The van der Waals surface area contributed by atoms with Gasteiger partial charge in [-0.1, -0.05) is 11.3 Å². The van der Waals surface area contributed by atoms with Gasteiger partial charge in [-0.05, 0) is 75.5 Å². The van der Waals surface area contributed by atoms with E-state index in [4.69, 9.17) is 11.0 Å². The van der Waals surface area contributed by atoms with Gasteiger partial charge >= 0.3 is 0 Å². The summed E-state index contributed by atoms with van der Waals surface area (Å²) in [5.74, 6) is 0.00116. The average molecular weight is 447 g/mol. The van der Waals surface area contributed by atoms with Gasteiger partial charge in [0, 0.05) is 36.1 Å². The van der Waals surface area contributed by atoms with Crippen LogP contribution in [0.25, 0.3) is 0 Å².